The predicted octanol–water partition coefficient (Wildman–Crippen LogP) is 1.24. The number of nitrogens with zero attached hydrogens (tertiary/aromatic N) is 3. The van der Waals surface area contributed by atoms with Crippen molar-refractivity contribution in [2.24, 2.45) is 0 Å². The first-order chi connectivity index (χ1) is 9.19. The van der Waals surface area contributed by atoms with Crippen molar-refractivity contribution in [3.63, 3.8) is 0 Å². The highest BCUT2D eigenvalue weighted by molar-refractivity contribution is 7.99. The quantitative estimate of drug-likeness (QED) is 0.784. The second kappa shape index (κ2) is 6.91. The largest absolute Gasteiger partial charge is 0.476 e. The second-order valence-electron chi connectivity index (χ2n) is 4.71. The Labute approximate surface area is 116 Å². The molecule has 2 N–H and O–H groups in total. The van der Waals surface area contributed by atoms with Crippen LogP contribution in [-0.4, -0.2) is 49.7 Å². The fourth-order valence-electron chi connectivity index (χ4n) is 2.40. The number of hydrogen-bond donors (Lipinski definition) is 2. The Morgan fingerprint density at radius 3 is 3.16 bits per heavy atom. The van der Waals surface area contributed by atoms with E-state index in [-0.39, 0.29) is 5.69 Å². The molecule has 1 aromatic rings. The van der Waals surface area contributed by atoms with E-state index in [1.54, 1.807) is 4.68 Å². The van der Waals surface area contributed by atoms with Crippen LogP contribution in [0.3, 0.4) is 0 Å². The number of aromatic carboxylic acids is 1. The summed E-state index contributed by atoms with van der Waals surface area (Å²) in [5, 5.41) is 20.4. The third kappa shape index (κ3) is 4.21. The van der Waals surface area contributed by atoms with Crippen LogP contribution in [0.2, 0.25) is 0 Å². The Morgan fingerprint density at radius 2 is 2.47 bits per heavy atom. The third-order valence-corrected chi connectivity index (χ3v) is 4.55. The van der Waals surface area contributed by atoms with Crippen LogP contribution in [0.15, 0.2) is 6.20 Å². The molecule has 0 spiro atoms. The summed E-state index contributed by atoms with van der Waals surface area (Å²) in [7, 11) is 0. The average Bonchev–Trinajstić information content (AvgIpc) is 2.99. The maximum Gasteiger partial charge on any atom is 0.358 e. The van der Waals surface area contributed by atoms with Gasteiger partial charge in [-0.3, -0.25) is 4.68 Å². The molecule has 2 rings (SSSR count). The van der Waals surface area contributed by atoms with Gasteiger partial charge in [0.05, 0.1) is 12.7 Å². The Balaban J connectivity index is 1.67. The van der Waals surface area contributed by atoms with Crippen molar-refractivity contribution >= 4 is 17.7 Å². The standard InChI is InChI=1S/C12H20N4O2S/c1-2-19-10-4-3-9(7-10)13-5-6-16-8-11(12(17)18)14-15-16/h8-10,13H,2-7H2,1H3,(H,17,18). The first-order valence-electron chi connectivity index (χ1n) is 6.67. The molecule has 0 radical (unpaired) electrons. The van der Waals surface area contributed by atoms with Gasteiger partial charge in [0.2, 0.25) is 0 Å². The number of nitrogens with one attached hydrogen (secondary N) is 1. The molecular formula is C12H20N4O2S. The molecule has 2 unspecified atom stereocenters. The first-order valence-corrected chi connectivity index (χ1v) is 7.72. The summed E-state index contributed by atoms with van der Waals surface area (Å²) in [6, 6.07) is 0.589. The lowest BCUT2D eigenvalue weighted by Gasteiger charge is -2.12. The molecule has 1 heterocycles. The molecule has 6 nitrogen and oxygen atoms in total. The molecule has 0 saturated heterocycles. The zero-order chi connectivity index (χ0) is 13.7. The third-order valence-electron chi connectivity index (χ3n) is 3.32. The molecule has 19 heavy (non-hydrogen) atoms. The molecule has 1 aliphatic rings. The van der Waals surface area contributed by atoms with Crippen LogP contribution in [0.5, 0.6) is 0 Å². The van der Waals surface area contributed by atoms with Gasteiger partial charge in [-0.05, 0) is 25.0 Å². The molecule has 1 aliphatic carbocycles. The van der Waals surface area contributed by atoms with E-state index in [1.165, 1.54) is 31.2 Å². The Morgan fingerprint density at radius 1 is 1.63 bits per heavy atom. The summed E-state index contributed by atoms with van der Waals surface area (Å²) >= 11 is 2.05. The molecular weight excluding hydrogens is 264 g/mol. The molecule has 2 atom stereocenters. The highest BCUT2D eigenvalue weighted by Gasteiger charge is 2.23. The van der Waals surface area contributed by atoms with E-state index >= 15 is 0 Å². The zero-order valence-corrected chi connectivity index (χ0v) is 11.9. The van der Waals surface area contributed by atoms with Gasteiger partial charge < -0.3 is 10.4 Å². The van der Waals surface area contributed by atoms with Crippen LogP contribution in [0.1, 0.15) is 36.7 Å². The SMILES string of the molecule is CCSC1CCC(NCCn2cc(C(=O)O)nn2)C1. The molecule has 0 aliphatic heterocycles. The minimum absolute atomic E-state index is 0.000256. The van der Waals surface area contributed by atoms with E-state index in [1.807, 2.05) is 11.8 Å². The van der Waals surface area contributed by atoms with Crippen LogP contribution in [-0.2, 0) is 6.54 Å². The molecule has 0 aromatic carbocycles. The van der Waals surface area contributed by atoms with Crippen molar-refractivity contribution in [3.8, 4) is 0 Å². The number of rotatable bonds is 7. The van der Waals surface area contributed by atoms with Crippen molar-refractivity contribution in [1.29, 1.82) is 0 Å². The Bertz CT molecular complexity index is 424. The van der Waals surface area contributed by atoms with E-state index < -0.39 is 5.97 Å². The summed E-state index contributed by atoms with van der Waals surface area (Å²) in [6.07, 6.45) is 5.22. The van der Waals surface area contributed by atoms with E-state index in [4.69, 9.17) is 5.11 Å². The van der Waals surface area contributed by atoms with E-state index in [2.05, 4.69) is 22.6 Å². The van der Waals surface area contributed by atoms with Crippen LogP contribution < -0.4 is 5.32 Å². The van der Waals surface area contributed by atoms with Crippen molar-refractivity contribution < 1.29 is 9.90 Å². The lowest BCUT2D eigenvalue weighted by Crippen LogP contribution is -2.30. The topological polar surface area (TPSA) is 80.0 Å². The predicted molar refractivity (Wildman–Crippen MR) is 74.5 cm³/mol. The second-order valence-corrected chi connectivity index (χ2v) is 6.29. The lowest BCUT2D eigenvalue weighted by molar-refractivity contribution is 0.0690. The lowest BCUT2D eigenvalue weighted by atomic mass is 10.2. The Kier molecular flexibility index (Phi) is 5.21. The van der Waals surface area contributed by atoms with Gasteiger partial charge in [-0.2, -0.15) is 11.8 Å². The van der Waals surface area contributed by atoms with E-state index in [0.717, 1.165) is 11.8 Å². The van der Waals surface area contributed by atoms with Gasteiger partial charge in [-0.15, -0.1) is 5.10 Å². The summed E-state index contributed by atoms with van der Waals surface area (Å²) in [5.74, 6) is 0.156. The van der Waals surface area contributed by atoms with Crippen LogP contribution >= 0.6 is 11.8 Å². The maximum atomic E-state index is 10.7. The number of carboxylic acid groups (broad SMARTS) is 1. The number of thioether (sulfide) groups is 1. The summed E-state index contributed by atoms with van der Waals surface area (Å²) < 4.78 is 1.57. The molecule has 106 valence electrons. The molecule has 1 saturated carbocycles. The van der Waals surface area contributed by atoms with Crippen molar-refractivity contribution in [2.45, 2.75) is 44.0 Å². The van der Waals surface area contributed by atoms with Crippen molar-refractivity contribution in [2.75, 3.05) is 12.3 Å². The number of carboxylic acids is 1. The highest BCUT2D eigenvalue weighted by atomic mass is 32.2. The number of carbonyl (C=O) groups is 1. The van der Waals surface area contributed by atoms with Crippen molar-refractivity contribution in [3.05, 3.63) is 11.9 Å². The minimum atomic E-state index is -1.03. The van der Waals surface area contributed by atoms with E-state index in [0.29, 0.717) is 12.6 Å². The Hall–Kier alpha value is -1.08. The molecule has 7 heteroatoms. The fourth-order valence-corrected chi connectivity index (χ4v) is 3.54. The van der Waals surface area contributed by atoms with Gasteiger partial charge in [0.25, 0.3) is 0 Å². The normalized spacial score (nSPS) is 22.8. The molecule has 1 fully saturated rings. The van der Waals surface area contributed by atoms with Crippen molar-refractivity contribution in [1.82, 2.24) is 20.3 Å². The van der Waals surface area contributed by atoms with Gasteiger partial charge in [0.1, 0.15) is 0 Å². The summed E-state index contributed by atoms with van der Waals surface area (Å²) in [4.78, 5) is 10.7. The maximum absolute atomic E-state index is 10.7. The minimum Gasteiger partial charge on any atom is -0.476 e. The number of aromatic nitrogens is 3. The molecule has 1 aromatic heterocycles. The summed E-state index contributed by atoms with van der Waals surface area (Å²) in [6.45, 7) is 3.66. The monoisotopic (exact) mass is 284 g/mol. The summed E-state index contributed by atoms with van der Waals surface area (Å²) in [5.41, 5.74) is 0.000256. The molecule has 0 amide bonds. The van der Waals surface area contributed by atoms with E-state index in [9.17, 15) is 4.79 Å². The number of hydrogen-bond acceptors (Lipinski definition) is 5. The molecule has 0 bridgehead atoms. The zero-order valence-electron chi connectivity index (χ0n) is 11.1. The average molecular weight is 284 g/mol. The van der Waals surface area contributed by atoms with Gasteiger partial charge in [-0.1, -0.05) is 12.1 Å². The van der Waals surface area contributed by atoms with Crippen LogP contribution in [0, 0.1) is 0 Å². The highest BCUT2D eigenvalue weighted by Crippen LogP contribution is 2.29. The van der Waals surface area contributed by atoms with Gasteiger partial charge in [-0.25, -0.2) is 4.79 Å². The van der Waals surface area contributed by atoms with Gasteiger partial charge in [0, 0.05) is 17.8 Å². The van der Waals surface area contributed by atoms with Gasteiger partial charge >= 0.3 is 5.97 Å². The first kappa shape index (κ1) is 14.3. The van der Waals surface area contributed by atoms with Crippen LogP contribution in [0.4, 0.5) is 0 Å². The smallest absolute Gasteiger partial charge is 0.358 e. The van der Waals surface area contributed by atoms with Crippen LogP contribution in [0.25, 0.3) is 0 Å². The van der Waals surface area contributed by atoms with Gasteiger partial charge in [0.15, 0.2) is 5.69 Å². The fraction of sp³-hybridized carbons (Fsp3) is 0.750.